The van der Waals surface area contributed by atoms with Gasteiger partial charge < -0.3 is 10.3 Å². The second-order valence-electron chi connectivity index (χ2n) is 3.07. The first-order valence-corrected chi connectivity index (χ1v) is 4.24. The molecule has 0 aliphatic carbocycles. The maximum Gasteiger partial charge on any atom is 0.307 e. The Balaban J connectivity index is 3.03. The van der Waals surface area contributed by atoms with Gasteiger partial charge in [0.25, 0.3) is 0 Å². The van der Waals surface area contributed by atoms with Crippen LogP contribution in [0.15, 0.2) is 23.4 Å². The second-order valence-corrected chi connectivity index (χ2v) is 3.07. The highest BCUT2D eigenvalue weighted by Gasteiger charge is 2.08. The first kappa shape index (κ1) is 11.2. The molecule has 1 aromatic rings. The van der Waals surface area contributed by atoms with Gasteiger partial charge in [-0.2, -0.15) is 0 Å². The molecule has 0 aliphatic heterocycles. The van der Waals surface area contributed by atoms with E-state index in [0.717, 1.165) is 6.07 Å². The second kappa shape index (κ2) is 4.54. The molecule has 0 fully saturated rings. The fourth-order valence-corrected chi connectivity index (χ4v) is 1.19. The number of carboxylic acids is 1. The Hall–Kier alpha value is -1.91. The molecule has 0 aliphatic rings. The molecule has 0 saturated carbocycles. The lowest BCUT2D eigenvalue weighted by Crippen LogP contribution is -2.03. The minimum absolute atomic E-state index is 0.148. The van der Waals surface area contributed by atoms with Crippen LogP contribution in [0.3, 0.4) is 0 Å². The molecule has 80 valence electrons. The van der Waals surface area contributed by atoms with Gasteiger partial charge >= 0.3 is 5.97 Å². The van der Waals surface area contributed by atoms with Gasteiger partial charge in [0, 0.05) is 5.56 Å². The Morgan fingerprint density at radius 3 is 2.67 bits per heavy atom. The van der Waals surface area contributed by atoms with Crippen molar-refractivity contribution in [3.63, 3.8) is 0 Å². The van der Waals surface area contributed by atoms with Crippen molar-refractivity contribution in [1.82, 2.24) is 0 Å². The molecule has 0 aromatic heterocycles. The number of halogens is 1. The molecule has 1 rings (SSSR count). The number of carbonyl (C=O) groups is 1. The van der Waals surface area contributed by atoms with Crippen molar-refractivity contribution in [1.29, 1.82) is 0 Å². The third kappa shape index (κ3) is 2.77. The number of carboxylic acid groups (broad SMARTS) is 1. The summed E-state index contributed by atoms with van der Waals surface area (Å²) in [5, 5.41) is 19.8. The normalized spacial score (nSPS) is 11.5. The SMILES string of the molecule is C/C(=N\O)c1ccc(CC(=O)O)cc1F. The third-order valence-electron chi connectivity index (χ3n) is 1.93. The number of hydrogen-bond acceptors (Lipinski definition) is 3. The predicted molar refractivity (Wildman–Crippen MR) is 51.7 cm³/mol. The van der Waals surface area contributed by atoms with Crippen molar-refractivity contribution >= 4 is 11.7 Å². The van der Waals surface area contributed by atoms with Crippen LogP contribution in [0.25, 0.3) is 0 Å². The molecule has 5 heteroatoms. The molecule has 0 bridgehead atoms. The summed E-state index contributed by atoms with van der Waals surface area (Å²) < 4.78 is 13.4. The van der Waals surface area contributed by atoms with Crippen LogP contribution >= 0.6 is 0 Å². The zero-order valence-electron chi connectivity index (χ0n) is 8.07. The van der Waals surface area contributed by atoms with Gasteiger partial charge in [0.05, 0.1) is 12.1 Å². The van der Waals surface area contributed by atoms with E-state index in [1.54, 1.807) is 0 Å². The predicted octanol–water partition coefficient (Wildman–Crippen LogP) is 1.65. The molecule has 0 spiro atoms. The summed E-state index contributed by atoms with van der Waals surface area (Å²) in [5.41, 5.74) is 0.676. The Kier molecular flexibility index (Phi) is 3.38. The molecular weight excluding hydrogens is 201 g/mol. The summed E-state index contributed by atoms with van der Waals surface area (Å²) >= 11 is 0. The number of hydrogen-bond donors (Lipinski definition) is 2. The van der Waals surface area contributed by atoms with Crippen LogP contribution in [0.1, 0.15) is 18.1 Å². The van der Waals surface area contributed by atoms with Crippen LogP contribution in [0, 0.1) is 5.82 Å². The van der Waals surface area contributed by atoms with E-state index in [1.165, 1.54) is 19.1 Å². The highest BCUT2D eigenvalue weighted by Crippen LogP contribution is 2.12. The van der Waals surface area contributed by atoms with E-state index in [-0.39, 0.29) is 17.7 Å². The highest BCUT2D eigenvalue weighted by molar-refractivity contribution is 5.98. The summed E-state index contributed by atoms with van der Waals surface area (Å²) in [6, 6.07) is 4.00. The van der Waals surface area contributed by atoms with E-state index in [2.05, 4.69) is 5.16 Å². The van der Waals surface area contributed by atoms with Gasteiger partial charge in [-0.15, -0.1) is 0 Å². The molecule has 1 aromatic carbocycles. The quantitative estimate of drug-likeness (QED) is 0.453. The Bertz CT molecular complexity index is 415. The van der Waals surface area contributed by atoms with E-state index < -0.39 is 11.8 Å². The van der Waals surface area contributed by atoms with E-state index in [0.29, 0.717) is 5.56 Å². The standard InChI is InChI=1S/C10H10FNO3/c1-6(12-15)8-3-2-7(4-9(8)11)5-10(13)14/h2-4,15H,5H2,1H3,(H,13,14)/b12-6+. The van der Waals surface area contributed by atoms with Crippen molar-refractivity contribution in [2.75, 3.05) is 0 Å². The maximum absolute atomic E-state index is 13.4. The number of oxime groups is 1. The lowest BCUT2D eigenvalue weighted by molar-refractivity contribution is -0.136. The molecule has 0 heterocycles. The van der Waals surface area contributed by atoms with Crippen LogP contribution in [0.4, 0.5) is 4.39 Å². The van der Waals surface area contributed by atoms with Gasteiger partial charge in [-0.25, -0.2) is 4.39 Å². The van der Waals surface area contributed by atoms with Crippen LogP contribution in [0.2, 0.25) is 0 Å². The van der Waals surface area contributed by atoms with Gasteiger partial charge in [0.2, 0.25) is 0 Å². The van der Waals surface area contributed by atoms with E-state index in [4.69, 9.17) is 10.3 Å². The molecule has 0 amide bonds. The molecular formula is C10H10FNO3. The molecule has 2 N–H and O–H groups in total. The average Bonchev–Trinajstić information content (AvgIpc) is 2.16. The van der Waals surface area contributed by atoms with Crippen molar-refractivity contribution in [3.05, 3.63) is 35.1 Å². The molecule has 0 saturated heterocycles. The summed E-state index contributed by atoms with van der Waals surface area (Å²) in [4.78, 5) is 10.4. The smallest absolute Gasteiger partial charge is 0.307 e. The zero-order valence-corrected chi connectivity index (χ0v) is 8.07. The fraction of sp³-hybridized carbons (Fsp3) is 0.200. The van der Waals surface area contributed by atoms with E-state index >= 15 is 0 Å². The number of aliphatic carboxylic acids is 1. The largest absolute Gasteiger partial charge is 0.481 e. The minimum Gasteiger partial charge on any atom is -0.481 e. The Morgan fingerprint density at radius 2 is 2.20 bits per heavy atom. The monoisotopic (exact) mass is 211 g/mol. The highest BCUT2D eigenvalue weighted by atomic mass is 19.1. The Morgan fingerprint density at radius 1 is 1.53 bits per heavy atom. The summed E-state index contributed by atoms with van der Waals surface area (Å²) in [5.74, 6) is -1.61. The van der Waals surface area contributed by atoms with Crippen LogP contribution in [-0.4, -0.2) is 22.0 Å². The van der Waals surface area contributed by atoms with E-state index in [9.17, 15) is 9.18 Å². The molecule has 0 radical (unpaired) electrons. The fourth-order valence-electron chi connectivity index (χ4n) is 1.19. The molecule has 15 heavy (non-hydrogen) atoms. The topological polar surface area (TPSA) is 69.9 Å². The number of benzene rings is 1. The lowest BCUT2D eigenvalue weighted by Gasteiger charge is -2.03. The molecule has 0 atom stereocenters. The first-order chi connectivity index (χ1) is 7.04. The minimum atomic E-state index is -1.02. The molecule has 4 nitrogen and oxygen atoms in total. The van der Waals surface area contributed by atoms with Crippen molar-refractivity contribution in [2.24, 2.45) is 5.16 Å². The maximum atomic E-state index is 13.4. The first-order valence-electron chi connectivity index (χ1n) is 4.24. The summed E-state index contributed by atoms with van der Waals surface area (Å²) in [6.07, 6.45) is -0.230. The number of rotatable bonds is 3. The lowest BCUT2D eigenvalue weighted by atomic mass is 10.1. The Labute approximate surface area is 85.7 Å². The van der Waals surface area contributed by atoms with Crippen molar-refractivity contribution < 1.29 is 19.5 Å². The third-order valence-corrected chi connectivity index (χ3v) is 1.93. The number of nitrogens with zero attached hydrogens (tertiary/aromatic N) is 1. The average molecular weight is 211 g/mol. The summed E-state index contributed by atoms with van der Waals surface area (Å²) in [6.45, 7) is 1.45. The van der Waals surface area contributed by atoms with Crippen LogP contribution in [0.5, 0.6) is 0 Å². The molecule has 0 unspecified atom stereocenters. The van der Waals surface area contributed by atoms with Crippen molar-refractivity contribution in [2.45, 2.75) is 13.3 Å². The van der Waals surface area contributed by atoms with Gasteiger partial charge in [0.1, 0.15) is 5.82 Å². The summed E-state index contributed by atoms with van der Waals surface area (Å²) in [7, 11) is 0. The van der Waals surface area contributed by atoms with Crippen LogP contribution in [-0.2, 0) is 11.2 Å². The van der Waals surface area contributed by atoms with E-state index in [1.807, 2.05) is 0 Å². The van der Waals surface area contributed by atoms with Gasteiger partial charge in [-0.1, -0.05) is 11.2 Å². The van der Waals surface area contributed by atoms with Gasteiger partial charge in [0.15, 0.2) is 0 Å². The van der Waals surface area contributed by atoms with Crippen LogP contribution < -0.4 is 0 Å². The van der Waals surface area contributed by atoms with Gasteiger partial charge in [-0.05, 0) is 24.6 Å². The zero-order chi connectivity index (χ0) is 11.4. The van der Waals surface area contributed by atoms with Gasteiger partial charge in [-0.3, -0.25) is 4.79 Å². The van der Waals surface area contributed by atoms with Crippen molar-refractivity contribution in [3.8, 4) is 0 Å².